The number of nitrogens with zero attached hydrogens (tertiary/aromatic N) is 1. The van der Waals surface area contributed by atoms with Gasteiger partial charge in [-0.1, -0.05) is 0 Å². The lowest BCUT2D eigenvalue weighted by Crippen LogP contribution is -2.50. The molecule has 1 saturated heterocycles. The Hall–Kier alpha value is -0.0100. The van der Waals surface area contributed by atoms with Gasteiger partial charge < -0.3 is 9.87 Å². The van der Waals surface area contributed by atoms with E-state index in [9.17, 15) is 8.76 Å². The topological polar surface area (TPSA) is 67.4 Å². The van der Waals surface area contributed by atoms with Crippen LogP contribution in [0.4, 0.5) is 0 Å². The highest BCUT2D eigenvalue weighted by Gasteiger charge is 2.07. The monoisotopic (exact) mass is 164 g/mol. The van der Waals surface area contributed by atoms with E-state index in [0.29, 0.717) is 0 Å². The summed E-state index contributed by atoms with van der Waals surface area (Å²) in [5, 5.41) is 4.77. The smallest absolute Gasteiger partial charge is 0.0326 e. The largest absolute Gasteiger partial charge is 0.759 e. The lowest BCUT2D eigenvalue weighted by molar-refractivity contribution is 0.209. The molecule has 0 aromatic carbocycles. The number of nitrogens with one attached hydrogen (secondary N) is 2. The number of piperazine rings is 1. The third kappa shape index (κ3) is 2.72. The molecule has 1 aliphatic heterocycles. The van der Waals surface area contributed by atoms with E-state index in [1.807, 2.05) is 0 Å². The van der Waals surface area contributed by atoms with Gasteiger partial charge in [-0.05, 0) is 0 Å². The molecule has 0 saturated carbocycles. The van der Waals surface area contributed by atoms with Crippen molar-refractivity contribution in [2.45, 2.75) is 0 Å². The molecule has 1 rings (SSSR count). The maximum Gasteiger partial charge on any atom is 0.0326 e. The quantitative estimate of drug-likeness (QED) is 0.472. The van der Waals surface area contributed by atoms with Crippen molar-refractivity contribution in [2.24, 2.45) is 0 Å². The number of hydrazine groups is 1. The van der Waals surface area contributed by atoms with Crippen molar-refractivity contribution in [1.82, 2.24) is 15.2 Å². The third-order valence-electron chi connectivity index (χ3n) is 1.32. The summed E-state index contributed by atoms with van der Waals surface area (Å²) < 4.78 is 20.2. The minimum atomic E-state index is -2.16. The van der Waals surface area contributed by atoms with Gasteiger partial charge in [0.25, 0.3) is 0 Å². The second-order valence-electron chi connectivity index (χ2n) is 2.06. The van der Waals surface area contributed by atoms with E-state index in [1.54, 1.807) is 5.01 Å². The molecule has 1 aliphatic rings. The Morgan fingerprint density at radius 1 is 1.50 bits per heavy atom. The van der Waals surface area contributed by atoms with Crippen molar-refractivity contribution >= 4 is 11.3 Å². The van der Waals surface area contributed by atoms with Crippen LogP contribution in [0.25, 0.3) is 0 Å². The molecule has 60 valence electrons. The molecule has 0 amide bonds. The first-order valence-electron chi connectivity index (χ1n) is 3.10. The number of hydrogen-bond donors (Lipinski definition) is 2. The van der Waals surface area contributed by atoms with Gasteiger partial charge in [0.1, 0.15) is 0 Å². The summed E-state index contributed by atoms with van der Waals surface area (Å²) >= 11 is -2.16. The van der Waals surface area contributed by atoms with Gasteiger partial charge in [-0.15, -0.1) is 0 Å². The van der Waals surface area contributed by atoms with Crippen molar-refractivity contribution in [1.29, 1.82) is 0 Å². The van der Waals surface area contributed by atoms with E-state index in [-0.39, 0.29) is 0 Å². The SMILES string of the molecule is O=S([O-])NN1CCNCC1. The standard InChI is InChI=1S/C4H11N3O2S/c8-10(9)6-7-3-1-5-2-4-7/h5-6H,1-4H2,(H,8,9)/p-1. The minimum Gasteiger partial charge on any atom is -0.759 e. The maximum absolute atomic E-state index is 10.1. The molecule has 1 heterocycles. The van der Waals surface area contributed by atoms with Crippen molar-refractivity contribution < 1.29 is 8.76 Å². The number of rotatable bonds is 2. The Labute approximate surface area is 62.2 Å². The summed E-state index contributed by atoms with van der Waals surface area (Å²) in [4.78, 5) is 2.29. The first-order valence-corrected chi connectivity index (χ1v) is 4.18. The Morgan fingerprint density at radius 3 is 2.60 bits per heavy atom. The fourth-order valence-electron chi connectivity index (χ4n) is 0.862. The van der Waals surface area contributed by atoms with Crippen molar-refractivity contribution in [2.75, 3.05) is 26.2 Å². The zero-order valence-corrected chi connectivity index (χ0v) is 6.32. The van der Waals surface area contributed by atoms with E-state index in [2.05, 4.69) is 10.1 Å². The van der Waals surface area contributed by atoms with Gasteiger partial charge in [0.2, 0.25) is 0 Å². The van der Waals surface area contributed by atoms with E-state index in [4.69, 9.17) is 0 Å². The highest BCUT2D eigenvalue weighted by Crippen LogP contribution is 1.85. The first-order chi connectivity index (χ1) is 4.79. The van der Waals surface area contributed by atoms with Gasteiger partial charge in [0, 0.05) is 37.4 Å². The summed E-state index contributed by atoms with van der Waals surface area (Å²) in [7, 11) is 0. The average molecular weight is 164 g/mol. The highest BCUT2D eigenvalue weighted by molar-refractivity contribution is 7.76. The molecule has 0 spiro atoms. The van der Waals surface area contributed by atoms with Gasteiger partial charge in [0.05, 0.1) is 0 Å². The van der Waals surface area contributed by atoms with Crippen molar-refractivity contribution in [3.05, 3.63) is 0 Å². The Bertz CT molecular complexity index is 126. The molecule has 5 nitrogen and oxygen atoms in total. The molecule has 6 heteroatoms. The van der Waals surface area contributed by atoms with Crippen LogP contribution in [0.15, 0.2) is 0 Å². The molecule has 2 N–H and O–H groups in total. The third-order valence-corrected chi connectivity index (χ3v) is 1.73. The van der Waals surface area contributed by atoms with E-state index in [0.717, 1.165) is 26.2 Å². The normalized spacial score (nSPS) is 24.5. The summed E-state index contributed by atoms with van der Waals surface area (Å²) in [5.41, 5.74) is 0. The summed E-state index contributed by atoms with van der Waals surface area (Å²) in [6.07, 6.45) is 0. The molecule has 0 aromatic heterocycles. The zero-order valence-electron chi connectivity index (χ0n) is 5.50. The second kappa shape index (κ2) is 3.99. The molecular formula is C4H10N3O2S-. The average Bonchev–Trinajstić information content (AvgIpc) is 1.88. The first kappa shape index (κ1) is 8.09. The maximum atomic E-state index is 10.1. The summed E-state index contributed by atoms with van der Waals surface area (Å²) in [5.74, 6) is 0. The lowest BCUT2D eigenvalue weighted by Gasteiger charge is -2.28. The molecular weight excluding hydrogens is 154 g/mol. The van der Waals surface area contributed by atoms with Gasteiger partial charge in [-0.2, -0.15) is 4.83 Å². The fourth-order valence-corrected chi connectivity index (χ4v) is 1.25. The lowest BCUT2D eigenvalue weighted by atomic mass is 10.4. The number of hydrogen-bond acceptors (Lipinski definition) is 4. The molecule has 1 fully saturated rings. The molecule has 1 unspecified atom stereocenters. The predicted molar refractivity (Wildman–Crippen MR) is 36.5 cm³/mol. The van der Waals surface area contributed by atoms with Crippen LogP contribution in [-0.2, 0) is 11.3 Å². The van der Waals surface area contributed by atoms with Gasteiger partial charge in [-0.25, -0.2) is 5.01 Å². The van der Waals surface area contributed by atoms with E-state index >= 15 is 0 Å². The Kier molecular flexibility index (Phi) is 3.23. The van der Waals surface area contributed by atoms with Crippen LogP contribution in [0, 0.1) is 0 Å². The van der Waals surface area contributed by atoms with Gasteiger partial charge in [0.15, 0.2) is 0 Å². The summed E-state index contributed by atoms with van der Waals surface area (Å²) in [6.45, 7) is 3.14. The van der Waals surface area contributed by atoms with Crippen LogP contribution in [0.1, 0.15) is 0 Å². The minimum absolute atomic E-state index is 0.730. The van der Waals surface area contributed by atoms with E-state index in [1.165, 1.54) is 0 Å². The van der Waals surface area contributed by atoms with E-state index < -0.39 is 11.3 Å². The van der Waals surface area contributed by atoms with Crippen molar-refractivity contribution in [3.8, 4) is 0 Å². The molecule has 0 aromatic rings. The molecule has 10 heavy (non-hydrogen) atoms. The predicted octanol–water partition coefficient (Wildman–Crippen LogP) is -1.81. The van der Waals surface area contributed by atoms with Crippen molar-refractivity contribution in [3.63, 3.8) is 0 Å². The highest BCUT2D eigenvalue weighted by atomic mass is 32.2. The second-order valence-corrected chi connectivity index (χ2v) is 2.72. The Balaban J connectivity index is 2.19. The van der Waals surface area contributed by atoms with Gasteiger partial charge >= 0.3 is 0 Å². The molecule has 1 atom stereocenters. The van der Waals surface area contributed by atoms with Crippen LogP contribution in [0.2, 0.25) is 0 Å². The molecule has 0 radical (unpaired) electrons. The van der Waals surface area contributed by atoms with Crippen LogP contribution in [0.5, 0.6) is 0 Å². The van der Waals surface area contributed by atoms with Crippen LogP contribution < -0.4 is 10.1 Å². The summed E-state index contributed by atoms with van der Waals surface area (Å²) in [6, 6.07) is 0. The fraction of sp³-hybridized carbons (Fsp3) is 1.00. The molecule has 0 bridgehead atoms. The van der Waals surface area contributed by atoms with Crippen LogP contribution in [0.3, 0.4) is 0 Å². The Morgan fingerprint density at radius 2 is 2.10 bits per heavy atom. The van der Waals surface area contributed by atoms with Gasteiger partial charge in [-0.3, -0.25) is 4.21 Å². The molecule has 0 aliphatic carbocycles. The van der Waals surface area contributed by atoms with Crippen LogP contribution >= 0.6 is 0 Å². The van der Waals surface area contributed by atoms with Crippen LogP contribution in [-0.4, -0.2) is 39.9 Å². The zero-order chi connectivity index (χ0) is 7.40.